The Bertz CT molecular complexity index is 254. The molecular weight excluding hydrogens is 216 g/mol. The van der Waals surface area contributed by atoms with Gasteiger partial charge in [-0.05, 0) is 7.05 Å². The number of rotatable bonds is 8. The standard InChI is InChI=1S/C9H22N2O3S/c1-4-15(12,13)6-5-11(2)7-9(10)8-14-3/h9H,4-8,10H2,1-3H3. The molecule has 0 aliphatic heterocycles. The average Bonchev–Trinajstić information content (AvgIpc) is 2.15. The van der Waals surface area contributed by atoms with E-state index in [9.17, 15) is 8.42 Å². The Balaban J connectivity index is 3.80. The fraction of sp³-hybridized carbons (Fsp3) is 1.00. The molecule has 0 rings (SSSR count). The lowest BCUT2D eigenvalue weighted by atomic mass is 10.3. The molecule has 1 atom stereocenters. The van der Waals surface area contributed by atoms with E-state index < -0.39 is 9.84 Å². The molecule has 2 N–H and O–H groups in total. The van der Waals surface area contributed by atoms with Crippen molar-refractivity contribution in [1.29, 1.82) is 0 Å². The predicted octanol–water partition coefficient (Wildman–Crippen LogP) is -0.673. The van der Waals surface area contributed by atoms with Gasteiger partial charge in [-0.3, -0.25) is 0 Å². The smallest absolute Gasteiger partial charge is 0.151 e. The number of likely N-dealkylation sites (N-methyl/N-ethyl adjacent to an activating group) is 1. The molecule has 0 amide bonds. The summed E-state index contributed by atoms with van der Waals surface area (Å²) in [6.07, 6.45) is 0. The van der Waals surface area contributed by atoms with Crippen LogP contribution >= 0.6 is 0 Å². The van der Waals surface area contributed by atoms with E-state index in [4.69, 9.17) is 10.5 Å². The first kappa shape index (κ1) is 14.8. The van der Waals surface area contributed by atoms with Crippen molar-refractivity contribution in [2.75, 3.05) is 45.4 Å². The van der Waals surface area contributed by atoms with Crippen molar-refractivity contribution in [3.63, 3.8) is 0 Å². The first-order chi connectivity index (χ1) is 6.91. The first-order valence-electron chi connectivity index (χ1n) is 5.04. The van der Waals surface area contributed by atoms with E-state index >= 15 is 0 Å². The molecular formula is C9H22N2O3S. The topological polar surface area (TPSA) is 72.6 Å². The van der Waals surface area contributed by atoms with Crippen LogP contribution in [0.3, 0.4) is 0 Å². The minimum absolute atomic E-state index is 0.0654. The minimum Gasteiger partial charge on any atom is -0.383 e. The number of hydrogen-bond acceptors (Lipinski definition) is 5. The Labute approximate surface area is 92.5 Å². The zero-order valence-electron chi connectivity index (χ0n) is 9.77. The van der Waals surface area contributed by atoms with Crippen LogP contribution in [-0.4, -0.2) is 64.7 Å². The van der Waals surface area contributed by atoms with Crippen molar-refractivity contribution < 1.29 is 13.2 Å². The number of nitrogens with zero attached hydrogens (tertiary/aromatic N) is 1. The maximum Gasteiger partial charge on any atom is 0.151 e. The Morgan fingerprint density at radius 3 is 2.53 bits per heavy atom. The van der Waals surface area contributed by atoms with Gasteiger partial charge in [0.2, 0.25) is 0 Å². The normalized spacial score (nSPS) is 14.5. The van der Waals surface area contributed by atoms with Crippen molar-refractivity contribution in [2.24, 2.45) is 5.73 Å². The molecule has 6 heteroatoms. The van der Waals surface area contributed by atoms with Crippen LogP contribution in [0, 0.1) is 0 Å². The van der Waals surface area contributed by atoms with Gasteiger partial charge in [0.25, 0.3) is 0 Å². The van der Waals surface area contributed by atoms with Crippen molar-refractivity contribution in [3.8, 4) is 0 Å². The van der Waals surface area contributed by atoms with Crippen LogP contribution in [0.15, 0.2) is 0 Å². The Hall–Kier alpha value is -0.170. The average molecular weight is 238 g/mol. The summed E-state index contributed by atoms with van der Waals surface area (Å²) in [5.74, 6) is 0.394. The van der Waals surface area contributed by atoms with E-state index in [0.717, 1.165) is 0 Å². The second-order valence-corrected chi connectivity index (χ2v) is 6.19. The van der Waals surface area contributed by atoms with E-state index in [0.29, 0.717) is 19.7 Å². The van der Waals surface area contributed by atoms with Gasteiger partial charge in [0, 0.05) is 32.0 Å². The molecule has 0 aliphatic carbocycles. The highest BCUT2D eigenvalue weighted by molar-refractivity contribution is 7.91. The Morgan fingerprint density at radius 1 is 1.47 bits per heavy atom. The molecule has 5 nitrogen and oxygen atoms in total. The van der Waals surface area contributed by atoms with Gasteiger partial charge in [0.1, 0.15) is 0 Å². The lowest BCUT2D eigenvalue weighted by Crippen LogP contribution is -2.40. The number of nitrogens with two attached hydrogens (primary N) is 1. The third-order valence-corrected chi connectivity index (χ3v) is 3.83. The Morgan fingerprint density at radius 2 is 2.07 bits per heavy atom. The summed E-state index contributed by atoms with van der Waals surface area (Å²) in [4.78, 5) is 1.91. The predicted molar refractivity (Wildman–Crippen MR) is 61.7 cm³/mol. The zero-order valence-corrected chi connectivity index (χ0v) is 10.6. The van der Waals surface area contributed by atoms with Gasteiger partial charge >= 0.3 is 0 Å². The van der Waals surface area contributed by atoms with Gasteiger partial charge < -0.3 is 15.4 Å². The van der Waals surface area contributed by atoms with E-state index in [1.807, 2.05) is 11.9 Å². The number of methoxy groups -OCH3 is 1. The summed E-state index contributed by atoms with van der Waals surface area (Å²) >= 11 is 0. The second-order valence-electron chi connectivity index (χ2n) is 3.71. The van der Waals surface area contributed by atoms with Crippen LogP contribution in [0.25, 0.3) is 0 Å². The molecule has 0 aromatic rings. The summed E-state index contributed by atoms with van der Waals surface area (Å²) in [6, 6.07) is -0.0654. The van der Waals surface area contributed by atoms with Gasteiger partial charge in [-0.2, -0.15) is 0 Å². The summed E-state index contributed by atoms with van der Waals surface area (Å²) in [5.41, 5.74) is 5.74. The second kappa shape index (κ2) is 7.16. The van der Waals surface area contributed by atoms with Crippen LogP contribution in [-0.2, 0) is 14.6 Å². The molecule has 92 valence electrons. The quantitative estimate of drug-likeness (QED) is 0.607. The maximum atomic E-state index is 11.2. The van der Waals surface area contributed by atoms with E-state index in [1.54, 1.807) is 14.0 Å². The number of ether oxygens (including phenoxy) is 1. The molecule has 1 unspecified atom stereocenters. The SMILES string of the molecule is CCS(=O)(=O)CCN(C)CC(N)COC. The van der Waals surface area contributed by atoms with Crippen LogP contribution in [0.2, 0.25) is 0 Å². The van der Waals surface area contributed by atoms with Crippen LogP contribution in [0.4, 0.5) is 0 Å². The first-order valence-corrected chi connectivity index (χ1v) is 6.87. The third kappa shape index (κ3) is 7.72. The maximum absolute atomic E-state index is 11.2. The molecule has 0 saturated heterocycles. The largest absolute Gasteiger partial charge is 0.383 e. The Kier molecular flexibility index (Phi) is 7.08. The van der Waals surface area contributed by atoms with Crippen LogP contribution in [0.1, 0.15) is 6.92 Å². The van der Waals surface area contributed by atoms with Gasteiger partial charge in [-0.15, -0.1) is 0 Å². The summed E-state index contributed by atoms with van der Waals surface area (Å²) in [7, 11) is 0.584. The van der Waals surface area contributed by atoms with E-state index in [2.05, 4.69) is 0 Å². The fourth-order valence-electron chi connectivity index (χ4n) is 1.20. The van der Waals surface area contributed by atoms with Crippen molar-refractivity contribution in [3.05, 3.63) is 0 Å². The van der Waals surface area contributed by atoms with Crippen molar-refractivity contribution >= 4 is 9.84 Å². The molecule has 0 saturated carbocycles. The lowest BCUT2D eigenvalue weighted by Gasteiger charge is -2.20. The van der Waals surface area contributed by atoms with Crippen molar-refractivity contribution in [1.82, 2.24) is 4.90 Å². The summed E-state index contributed by atoms with van der Waals surface area (Å²) in [5, 5.41) is 0. The summed E-state index contributed by atoms with van der Waals surface area (Å²) < 4.78 is 27.4. The molecule has 0 aliphatic rings. The molecule has 0 bridgehead atoms. The van der Waals surface area contributed by atoms with Gasteiger partial charge in [-0.25, -0.2) is 8.42 Å². The fourth-order valence-corrected chi connectivity index (χ4v) is 2.08. The van der Waals surface area contributed by atoms with Gasteiger partial charge in [0.15, 0.2) is 9.84 Å². The number of sulfone groups is 1. The molecule has 0 spiro atoms. The van der Waals surface area contributed by atoms with Crippen LogP contribution < -0.4 is 5.73 Å². The molecule has 0 fully saturated rings. The number of hydrogen-bond donors (Lipinski definition) is 1. The zero-order chi connectivity index (χ0) is 11.9. The monoisotopic (exact) mass is 238 g/mol. The highest BCUT2D eigenvalue weighted by Crippen LogP contribution is 1.93. The molecule has 0 aromatic carbocycles. The molecule has 0 aromatic heterocycles. The molecule has 0 radical (unpaired) electrons. The minimum atomic E-state index is -2.88. The van der Waals surface area contributed by atoms with Crippen LogP contribution in [0.5, 0.6) is 0 Å². The van der Waals surface area contributed by atoms with Gasteiger partial charge in [-0.1, -0.05) is 6.92 Å². The third-order valence-electron chi connectivity index (χ3n) is 2.15. The summed E-state index contributed by atoms with van der Waals surface area (Å²) in [6.45, 7) is 3.32. The lowest BCUT2D eigenvalue weighted by molar-refractivity contribution is 0.163. The van der Waals surface area contributed by atoms with Crippen molar-refractivity contribution in [2.45, 2.75) is 13.0 Å². The highest BCUT2D eigenvalue weighted by Gasteiger charge is 2.11. The van der Waals surface area contributed by atoms with E-state index in [1.165, 1.54) is 0 Å². The van der Waals surface area contributed by atoms with E-state index in [-0.39, 0.29) is 17.5 Å². The highest BCUT2D eigenvalue weighted by atomic mass is 32.2. The van der Waals surface area contributed by atoms with Gasteiger partial charge in [0.05, 0.1) is 12.4 Å². The molecule has 0 heterocycles. The molecule has 15 heavy (non-hydrogen) atoms.